The van der Waals surface area contributed by atoms with Crippen LogP contribution in [0.4, 0.5) is 5.69 Å². The van der Waals surface area contributed by atoms with E-state index in [4.69, 9.17) is 11.6 Å². The van der Waals surface area contributed by atoms with Crippen molar-refractivity contribution in [3.05, 3.63) is 66.1 Å². The van der Waals surface area contributed by atoms with Crippen molar-refractivity contribution in [3.63, 3.8) is 0 Å². The second-order valence-electron chi connectivity index (χ2n) is 4.76. The average Bonchev–Trinajstić information content (AvgIpc) is 2.88. The standard InChI is InChI=1S/C16H16ClN3/c1-12(17)14-6-2-3-7-15(14)18-10-13-11-20-9-5-4-8-16(20)19-13/h2-9,11-12,18H,10H2,1H3. The summed E-state index contributed by atoms with van der Waals surface area (Å²) < 4.78 is 2.02. The van der Waals surface area contributed by atoms with E-state index in [1.54, 1.807) is 0 Å². The molecule has 0 amide bonds. The predicted octanol–water partition coefficient (Wildman–Crippen LogP) is 4.25. The number of hydrogen-bond donors (Lipinski definition) is 1. The van der Waals surface area contributed by atoms with E-state index < -0.39 is 0 Å². The zero-order valence-corrected chi connectivity index (χ0v) is 12.0. The van der Waals surface area contributed by atoms with Gasteiger partial charge in [-0.15, -0.1) is 11.6 Å². The summed E-state index contributed by atoms with van der Waals surface area (Å²) >= 11 is 6.19. The SMILES string of the molecule is CC(Cl)c1ccccc1NCc1cn2ccccc2n1. The molecule has 0 radical (unpaired) electrons. The van der Waals surface area contributed by atoms with E-state index in [2.05, 4.69) is 10.3 Å². The molecule has 2 aromatic heterocycles. The molecule has 20 heavy (non-hydrogen) atoms. The third-order valence-corrected chi connectivity index (χ3v) is 3.50. The molecule has 0 spiro atoms. The van der Waals surface area contributed by atoms with E-state index in [-0.39, 0.29) is 5.38 Å². The molecule has 0 saturated heterocycles. The van der Waals surface area contributed by atoms with Crippen LogP contribution >= 0.6 is 11.6 Å². The zero-order chi connectivity index (χ0) is 13.9. The number of anilines is 1. The van der Waals surface area contributed by atoms with Gasteiger partial charge in [-0.3, -0.25) is 0 Å². The highest BCUT2D eigenvalue weighted by atomic mass is 35.5. The summed E-state index contributed by atoms with van der Waals surface area (Å²) in [4.78, 5) is 4.57. The average molecular weight is 286 g/mol. The Morgan fingerprint density at radius 3 is 2.80 bits per heavy atom. The molecular weight excluding hydrogens is 270 g/mol. The van der Waals surface area contributed by atoms with Crippen LogP contribution < -0.4 is 5.32 Å². The van der Waals surface area contributed by atoms with Crippen LogP contribution in [0.2, 0.25) is 0 Å². The number of imidazole rings is 1. The Morgan fingerprint density at radius 2 is 2.00 bits per heavy atom. The van der Waals surface area contributed by atoms with Crippen molar-refractivity contribution in [2.24, 2.45) is 0 Å². The van der Waals surface area contributed by atoms with Gasteiger partial charge >= 0.3 is 0 Å². The number of pyridine rings is 1. The molecule has 0 aliphatic rings. The van der Waals surface area contributed by atoms with Crippen LogP contribution in [0.25, 0.3) is 5.65 Å². The maximum absolute atomic E-state index is 6.19. The van der Waals surface area contributed by atoms with E-state index in [9.17, 15) is 0 Å². The molecular formula is C16H16ClN3. The molecule has 2 heterocycles. The third-order valence-electron chi connectivity index (χ3n) is 3.26. The van der Waals surface area contributed by atoms with Gasteiger partial charge < -0.3 is 9.72 Å². The molecule has 0 aliphatic carbocycles. The number of fused-ring (bicyclic) bond motifs is 1. The first kappa shape index (κ1) is 13.0. The van der Waals surface area contributed by atoms with Crippen molar-refractivity contribution in [2.75, 3.05) is 5.32 Å². The zero-order valence-electron chi connectivity index (χ0n) is 11.3. The van der Waals surface area contributed by atoms with E-state index in [1.165, 1.54) is 0 Å². The largest absolute Gasteiger partial charge is 0.379 e. The van der Waals surface area contributed by atoms with Crippen LogP contribution in [0.5, 0.6) is 0 Å². The highest BCUT2D eigenvalue weighted by Gasteiger charge is 2.07. The fourth-order valence-corrected chi connectivity index (χ4v) is 2.45. The summed E-state index contributed by atoms with van der Waals surface area (Å²) in [6, 6.07) is 14.1. The minimum absolute atomic E-state index is 0.0141. The van der Waals surface area contributed by atoms with E-state index in [0.29, 0.717) is 6.54 Å². The van der Waals surface area contributed by atoms with Crippen molar-refractivity contribution in [3.8, 4) is 0 Å². The molecule has 4 heteroatoms. The quantitative estimate of drug-likeness (QED) is 0.726. The molecule has 1 unspecified atom stereocenters. The van der Waals surface area contributed by atoms with Crippen LogP contribution in [0, 0.1) is 0 Å². The normalized spacial score (nSPS) is 12.5. The molecule has 102 valence electrons. The summed E-state index contributed by atoms with van der Waals surface area (Å²) in [6.07, 6.45) is 4.04. The molecule has 0 fully saturated rings. The van der Waals surface area contributed by atoms with Gasteiger partial charge in [-0.2, -0.15) is 0 Å². The lowest BCUT2D eigenvalue weighted by atomic mass is 10.1. The summed E-state index contributed by atoms with van der Waals surface area (Å²) in [6.45, 7) is 2.66. The Labute approximate surface area is 123 Å². The van der Waals surface area contributed by atoms with Gasteiger partial charge in [0, 0.05) is 18.1 Å². The molecule has 1 atom stereocenters. The minimum Gasteiger partial charge on any atom is -0.379 e. The summed E-state index contributed by atoms with van der Waals surface area (Å²) in [5.74, 6) is 0. The van der Waals surface area contributed by atoms with Crippen molar-refractivity contribution in [1.29, 1.82) is 0 Å². The maximum atomic E-state index is 6.19. The van der Waals surface area contributed by atoms with Gasteiger partial charge in [-0.1, -0.05) is 24.3 Å². The Kier molecular flexibility index (Phi) is 3.61. The van der Waals surface area contributed by atoms with Gasteiger partial charge in [0.15, 0.2) is 0 Å². The van der Waals surface area contributed by atoms with Crippen LogP contribution in [0.1, 0.15) is 23.6 Å². The number of aromatic nitrogens is 2. The summed E-state index contributed by atoms with van der Waals surface area (Å²) in [5, 5.41) is 3.40. The first-order valence-electron chi connectivity index (χ1n) is 6.63. The lowest BCUT2D eigenvalue weighted by Gasteiger charge is -2.12. The fourth-order valence-electron chi connectivity index (χ4n) is 2.26. The Balaban J connectivity index is 1.79. The van der Waals surface area contributed by atoms with E-state index in [1.807, 2.05) is 66.2 Å². The number of benzene rings is 1. The summed E-state index contributed by atoms with van der Waals surface area (Å²) in [5.41, 5.74) is 4.14. The molecule has 0 aliphatic heterocycles. The van der Waals surface area contributed by atoms with Gasteiger partial charge in [0.1, 0.15) is 5.65 Å². The van der Waals surface area contributed by atoms with Crippen LogP contribution in [0.3, 0.4) is 0 Å². The van der Waals surface area contributed by atoms with Crippen molar-refractivity contribution < 1.29 is 0 Å². The van der Waals surface area contributed by atoms with Gasteiger partial charge in [-0.05, 0) is 30.7 Å². The second kappa shape index (κ2) is 5.55. The Morgan fingerprint density at radius 1 is 1.20 bits per heavy atom. The molecule has 1 N–H and O–H groups in total. The monoisotopic (exact) mass is 285 g/mol. The molecule has 3 rings (SSSR count). The lowest BCUT2D eigenvalue weighted by molar-refractivity contribution is 1.04. The van der Waals surface area contributed by atoms with Gasteiger partial charge in [0.25, 0.3) is 0 Å². The number of halogens is 1. The van der Waals surface area contributed by atoms with E-state index in [0.717, 1.165) is 22.6 Å². The van der Waals surface area contributed by atoms with Gasteiger partial charge in [0.2, 0.25) is 0 Å². The number of nitrogens with one attached hydrogen (secondary N) is 1. The minimum atomic E-state index is -0.0141. The van der Waals surface area contributed by atoms with Crippen LogP contribution in [0.15, 0.2) is 54.9 Å². The molecule has 0 bridgehead atoms. The fraction of sp³-hybridized carbons (Fsp3) is 0.188. The van der Waals surface area contributed by atoms with Crippen LogP contribution in [-0.4, -0.2) is 9.38 Å². The molecule has 1 aromatic carbocycles. The summed E-state index contributed by atoms with van der Waals surface area (Å²) in [7, 11) is 0. The predicted molar refractivity (Wildman–Crippen MR) is 83.2 cm³/mol. The number of alkyl halides is 1. The number of para-hydroxylation sites is 1. The Bertz CT molecular complexity index is 685. The van der Waals surface area contributed by atoms with Crippen molar-refractivity contribution in [2.45, 2.75) is 18.8 Å². The third kappa shape index (κ3) is 2.63. The number of hydrogen-bond acceptors (Lipinski definition) is 2. The van der Waals surface area contributed by atoms with Gasteiger partial charge in [0.05, 0.1) is 17.6 Å². The molecule has 3 aromatic rings. The maximum Gasteiger partial charge on any atom is 0.137 e. The molecule has 0 saturated carbocycles. The first-order valence-corrected chi connectivity index (χ1v) is 7.07. The highest BCUT2D eigenvalue weighted by Crippen LogP contribution is 2.27. The Hall–Kier alpha value is -2.00. The second-order valence-corrected chi connectivity index (χ2v) is 5.41. The highest BCUT2D eigenvalue weighted by molar-refractivity contribution is 6.21. The van der Waals surface area contributed by atoms with E-state index >= 15 is 0 Å². The number of nitrogens with zero attached hydrogens (tertiary/aromatic N) is 2. The lowest BCUT2D eigenvalue weighted by Crippen LogP contribution is -2.02. The molecule has 3 nitrogen and oxygen atoms in total. The van der Waals surface area contributed by atoms with Crippen molar-refractivity contribution >= 4 is 22.9 Å². The number of rotatable bonds is 4. The van der Waals surface area contributed by atoms with Gasteiger partial charge in [-0.25, -0.2) is 4.98 Å². The smallest absolute Gasteiger partial charge is 0.137 e. The topological polar surface area (TPSA) is 29.3 Å². The van der Waals surface area contributed by atoms with Crippen LogP contribution in [-0.2, 0) is 6.54 Å². The van der Waals surface area contributed by atoms with Crippen molar-refractivity contribution in [1.82, 2.24) is 9.38 Å². The first-order chi connectivity index (χ1) is 9.74.